The number of rotatable bonds is 5. The van der Waals surface area contributed by atoms with Gasteiger partial charge in [0.15, 0.2) is 0 Å². The lowest BCUT2D eigenvalue weighted by Crippen LogP contribution is -2.23. The summed E-state index contributed by atoms with van der Waals surface area (Å²) in [7, 11) is 0. The number of nitro groups is 1. The van der Waals surface area contributed by atoms with Crippen LogP contribution < -0.4 is 5.32 Å². The van der Waals surface area contributed by atoms with Crippen molar-refractivity contribution in [3.8, 4) is 0 Å². The van der Waals surface area contributed by atoms with Crippen LogP contribution in [0.5, 0.6) is 0 Å². The molecule has 0 aromatic carbocycles. The molecule has 1 fully saturated rings. The van der Waals surface area contributed by atoms with Gasteiger partial charge in [0.1, 0.15) is 5.82 Å². The van der Waals surface area contributed by atoms with E-state index in [2.05, 4.69) is 17.2 Å². The van der Waals surface area contributed by atoms with E-state index >= 15 is 0 Å². The largest absolute Gasteiger partial charge is 0.378 e. The molecule has 2 heterocycles. The third-order valence-electron chi connectivity index (χ3n) is 3.57. The number of aromatic nitrogens is 1. The summed E-state index contributed by atoms with van der Waals surface area (Å²) in [5.41, 5.74) is 0.679. The van der Waals surface area contributed by atoms with Crippen molar-refractivity contribution in [3.05, 3.63) is 27.9 Å². The molecule has 1 N–H and O–H groups in total. The zero-order valence-corrected chi connectivity index (χ0v) is 11.3. The molecule has 0 bridgehead atoms. The molecule has 1 aromatic rings. The highest BCUT2D eigenvalue weighted by Crippen LogP contribution is 2.25. The van der Waals surface area contributed by atoms with Crippen LogP contribution in [0.4, 0.5) is 11.5 Å². The Labute approximate surface area is 112 Å². The van der Waals surface area contributed by atoms with E-state index in [0.29, 0.717) is 17.3 Å². The summed E-state index contributed by atoms with van der Waals surface area (Å²) in [5, 5.41) is 14.0. The molecule has 0 spiro atoms. The molecule has 104 valence electrons. The first-order chi connectivity index (χ1) is 9.11. The van der Waals surface area contributed by atoms with Crippen LogP contribution in [0.15, 0.2) is 12.3 Å². The van der Waals surface area contributed by atoms with Crippen LogP contribution in [-0.2, 0) is 4.74 Å². The average molecular weight is 265 g/mol. The van der Waals surface area contributed by atoms with E-state index in [4.69, 9.17) is 4.74 Å². The van der Waals surface area contributed by atoms with Gasteiger partial charge in [0.25, 0.3) is 5.69 Å². The van der Waals surface area contributed by atoms with E-state index in [0.717, 1.165) is 26.0 Å². The fourth-order valence-electron chi connectivity index (χ4n) is 2.42. The predicted molar refractivity (Wildman–Crippen MR) is 72.3 cm³/mol. The lowest BCUT2D eigenvalue weighted by Gasteiger charge is -2.17. The van der Waals surface area contributed by atoms with Crippen molar-refractivity contribution in [3.63, 3.8) is 0 Å². The Balaban J connectivity index is 2.00. The summed E-state index contributed by atoms with van der Waals surface area (Å²) in [5.74, 6) is 1.01. The number of aryl methyl sites for hydroxylation is 1. The Morgan fingerprint density at radius 3 is 3.11 bits per heavy atom. The Bertz CT molecular complexity index is 464. The predicted octanol–water partition coefficient (Wildman–Crippen LogP) is 2.53. The molecule has 0 saturated carbocycles. The molecule has 1 saturated heterocycles. The zero-order chi connectivity index (χ0) is 13.8. The second-order valence-corrected chi connectivity index (χ2v) is 4.86. The summed E-state index contributed by atoms with van der Waals surface area (Å²) in [4.78, 5) is 14.7. The number of hydrogen-bond donors (Lipinski definition) is 1. The second kappa shape index (κ2) is 5.97. The van der Waals surface area contributed by atoms with Gasteiger partial charge in [-0.1, -0.05) is 6.92 Å². The summed E-state index contributed by atoms with van der Waals surface area (Å²) >= 11 is 0. The van der Waals surface area contributed by atoms with Gasteiger partial charge in [-0.15, -0.1) is 0 Å². The maximum atomic E-state index is 10.9. The fraction of sp³-hybridized carbons (Fsp3) is 0.615. The Kier molecular flexibility index (Phi) is 4.31. The molecule has 19 heavy (non-hydrogen) atoms. The standard InChI is InChI=1S/C13H19N3O3/c1-3-12-10(4-5-19-12)8-15-13-6-11(16(17)18)9(2)7-14-13/h6-7,10,12H,3-5,8H2,1-2H3,(H,14,15). The Morgan fingerprint density at radius 2 is 2.42 bits per heavy atom. The van der Waals surface area contributed by atoms with Crippen molar-refractivity contribution < 1.29 is 9.66 Å². The van der Waals surface area contributed by atoms with E-state index < -0.39 is 0 Å². The van der Waals surface area contributed by atoms with Crippen LogP contribution in [0.1, 0.15) is 25.3 Å². The van der Waals surface area contributed by atoms with Gasteiger partial charge in [-0.2, -0.15) is 0 Å². The van der Waals surface area contributed by atoms with E-state index in [-0.39, 0.29) is 16.7 Å². The van der Waals surface area contributed by atoms with Crippen LogP contribution >= 0.6 is 0 Å². The van der Waals surface area contributed by atoms with Crippen molar-refractivity contribution in [1.82, 2.24) is 4.98 Å². The first kappa shape index (κ1) is 13.7. The van der Waals surface area contributed by atoms with Gasteiger partial charge in [0, 0.05) is 30.8 Å². The number of anilines is 1. The van der Waals surface area contributed by atoms with E-state index in [9.17, 15) is 10.1 Å². The summed E-state index contributed by atoms with van der Waals surface area (Å²) in [6.07, 6.45) is 3.84. The molecule has 0 aliphatic carbocycles. The zero-order valence-electron chi connectivity index (χ0n) is 11.3. The van der Waals surface area contributed by atoms with E-state index in [1.807, 2.05) is 0 Å². The average Bonchev–Trinajstić information content (AvgIpc) is 2.84. The molecule has 6 nitrogen and oxygen atoms in total. The smallest absolute Gasteiger partial charge is 0.277 e. The van der Waals surface area contributed by atoms with Crippen LogP contribution in [0.25, 0.3) is 0 Å². The number of hydrogen-bond acceptors (Lipinski definition) is 5. The maximum absolute atomic E-state index is 10.9. The van der Waals surface area contributed by atoms with Gasteiger partial charge >= 0.3 is 0 Å². The fourth-order valence-corrected chi connectivity index (χ4v) is 2.42. The lowest BCUT2D eigenvalue weighted by molar-refractivity contribution is -0.385. The van der Waals surface area contributed by atoms with Crippen LogP contribution in [0, 0.1) is 23.0 Å². The van der Waals surface area contributed by atoms with E-state index in [1.165, 1.54) is 12.3 Å². The topological polar surface area (TPSA) is 77.3 Å². The van der Waals surface area contributed by atoms with Crippen molar-refractivity contribution >= 4 is 11.5 Å². The van der Waals surface area contributed by atoms with Crippen LogP contribution in [0.3, 0.4) is 0 Å². The molecule has 1 aromatic heterocycles. The molecule has 2 unspecified atom stereocenters. The molecule has 6 heteroatoms. The normalized spacial score (nSPS) is 22.4. The van der Waals surface area contributed by atoms with Crippen LogP contribution in [0.2, 0.25) is 0 Å². The first-order valence-electron chi connectivity index (χ1n) is 6.58. The quantitative estimate of drug-likeness (QED) is 0.654. The van der Waals surface area contributed by atoms with Gasteiger partial charge < -0.3 is 10.1 Å². The van der Waals surface area contributed by atoms with Gasteiger partial charge in [-0.25, -0.2) is 4.98 Å². The monoisotopic (exact) mass is 265 g/mol. The van der Waals surface area contributed by atoms with Crippen molar-refractivity contribution in [1.29, 1.82) is 0 Å². The minimum Gasteiger partial charge on any atom is -0.378 e. The number of nitrogens with zero attached hydrogens (tertiary/aromatic N) is 2. The molecular formula is C13H19N3O3. The maximum Gasteiger partial charge on any atom is 0.277 e. The van der Waals surface area contributed by atoms with Gasteiger partial charge in [0.05, 0.1) is 17.1 Å². The lowest BCUT2D eigenvalue weighted by atomic mass is 10.00. The van der Waals surface area contributed by atoms with Crippen molar-refractivity contribution in [2.24, 2.45) is 5.92 Å². The molecule has 2 rings (SSSR count). The van der Waals surface area contributed by atoms with Gasteiger partial charge in [-0.3, -0.25) is 10.1 Å². The van der Waals surface area contributed by atoms with Crippen molar-refractivity contribution in [2.45, 2.75) is 32.8 Å². The van der Waals surface area contributed by atoms with Gasteiger partial charge in [0.2, 0.25) is 0 Å². The molecule has 2 atom stereocenters. The van der Waals surface area contributed by atoms with Crippen molar-refractivity contribution in [2.75, 3.05) is 18.5 Å². The number of ether oxygens (including phenoxy) is 1. The molecule has 1 aliphatic rings. The summed E-state index contributed by atoms with van der Waals surface area (Å²) < 4.78 is 5.62. The molecular weight excluding hydrogens is 246 g/mol. The highest BCUT2D eigenvalue weighted by molar-refractivity contribution is 5.48. The van der Waals surface area contributed by atoms with E-state index in [1.54, 1.807) is 6.92 Å². The summed E-state index contributed by atoms with van der Waals surface area (Å²) in [6.45, 7) is 5.34. The minimum atomic E-state index is -0.379. The highest BCUT2D eigenvalue weighted by Gasteiger charge is 2.26. The number of nitrogens with one attached hydrogen (secondary N) is 1. The highest BCUT2D eigenvalue weighted by atomic mass is 16.6. The Morgan fingerprint density at radius 1 is 1.63 bits per heavy atom. The third kappa shape index (κ3) is 3.20. The second-order valence-electron chi connectivity index (χ2n) is 4.86. The first-order valence-corrected chi connectivity index (χ1v) is 6.58. The SMILES string of the molecule is CCC1OCCC1CNc1cc([N+](=O)[O-])c(C)cn1. The minimum absolute atomic E-state index is 0.104. The summed E-state index contributed by atoms with van der Waals surface area (Å²) in [6, 6.07) is 1.49. The molecule has 0 radical (unpaired) electrons. The third-order valence-corrected chi connectivity index (χ3v) is 3.57. The Hall–Kier alpha value is -1.69. The molecule has 1 aliphatic heterocycles. The molecule has 0 amide bonds. The number of pyridine rings is 1. The van der Waals surface area contributed by atoms with Crippen LogP contribution in [-0.4, -0.2) is 29.2 Å². The van der Waals surface area contributed by atoms with Gasteiger partial charge in [-0.05, 0) is 19.8 Å².